The number of amides is 1. The lowest BCUT2D eigenvalue weighted by atomic mass is 9.85. The van der Waals surface area contributed by atoms with Gasteiger partial charge >= 0.3 is 7.82 Å². The molecule has 1 rings (SSSR count). The Kier molecular flexibility index (Phi) is 35.9. The molecule has 0 aromatic carbocycles. The van der Waals surface area contributed by atoms with Gasteiger partial charge in [0.2, 0.25) is 5.91 Å². The number of hydrogen-bond acceptors (Lipinski definition) is 11. The first-order valence-electron chi connectivity index (χ1n) is 25.1. The Morgan fingerprint density at radius 1 is 0.508 bits per heavy atom. The van der Waals surface area contributed by atoms with Gasteiger partial charge in [-0.3, -0.25) is 13.8 Å². The average Bonchev–Trinajstić information content (AvgIpc) is 3.23. The SMILES string of the molecule is CCCCCCCCCCCCCCCCCCCC(O)CC(=O)NC(COP(=O)(O)OC1C(O)C(O)C(O)C(O)C1O)C(O)CCCCCCCCCCCCCCCC. The fourth-order valence-electron chi connectivity index (χ4n) is 8.36. The molecule has 1 aliphatic rings. The van der Waals surface area contributed by atoms with Crippen LogP contribution in [0.15, 0.2) is 0 Å². The molecule has 0 saturated heterocycles. The predicted molar refractivity (Wildman–Crippen MR) is 243 cm³/mol. The highest BCUT2D eigenvalue weighted by atomic mass is 31.2. The third-order valence-electron chi connectivity index (χ3n) is 12.5. The van der Waals surface area contributed by atoms with Gasteiger partial charge in [-0.15, -0.1) is 0 Å². The summed E-state index contributed by atoms with van der Waals surface area (Å²) in [7, 11) is -5.11. The molecule has 1 saturated carbocycles. The van der Waals surface area contributed by atoms with Gasteiger partial charge in [0.25, 0.3) is 0 Å². The number of nitrogens with one attached hydrogen (secondary N) is 1. The van der Waals surface area contributed by atoms with Crippen molar-refractivity contribution < 1.29 is 59.0 Å². The number of hydrogen-bond donors (Lipinski definition) is 9. The second-order valence-electron chi connectivity index (χ2n) is 18.2. The Morgan fingerprint density at radius 3 is 1.18 bits per heavy atom. The Bertz CT molecular complexity index is 1060. The summed E-state index contributed by atoms with van der Waals surface area (Å²) in [4.78, 5) is 23.5. The molecule has 8 unspecified atom stereocenters. The summed E-state index contributed by atoms with van der Waals surface area (Å²) in [5.41, 5.74) is 0. The largest absolute Gasteiger partial charge is 0.472 e. The van der Waals surface area contributed by atoms with E-state index in [1.54, 1.807) is 0 Å². The lowest BCUT2D eigenvalue weighted by Gasteiger charge is -2.41. The van der Waals surface area contributed by atoms with Crippen LogP contribution in [0.4, 0.5) is 0 Å². The highest BCUT2D eigenvalue weighted by Gasteiger charge is 2.51. The number of phosphoric acid groups is 1. The number of carbonyl (C=O) groups is 1. The first-order valence-corrected chi connectivity index (χ1v) is 26.6. The quantitative estimate of drug-likeness (QED) is 0.0207. The van der Waals surface area contributed by atoms with Gasteiger partial charge in [-0.2, -0.15) is 0 Å². The molecule has 0 heterocycles. The van der Waals surface area contributed by atoms with E-state index in [9.17, 15) is 50.0 Å². The maximum atomic E-state index is 13.0. The average molecular weight is 896 g/mol. The molecule has 13 nitrogen and oxygen atoms in total. The normalized spacial score (nSPS) is 23.1. The zero-order chi connectivity index (χ0) is 45.1. The summed E-state index contributed by atoms with van der Waals surface area (Å²) in [6.07, 6.45) is 24.3. The van der Waals surface area contributed by atoms with Crippen LogP contribution in [0, 0.1) is 0 Å². The van der Waals surface area contributed by atoms with Crippen molar-refractivity contribution in [3.05, 3.63) is 0 Å². The smallest absolute Gasteiger partial charge is 0.393 e. The summed E-state index contributed by atoms with van der Waals surface area (Å²) < 4.78 is 23.0. The van der Waals surface area contributed by atoms with Crippen molar-refractivity contribution in [1.82, 2.24) is 5.32 Å². The molecular formula is C47H94NO12P. The van der Waals surface area contributed by atoms with E-state index in [1.165, 1.54) is 141 Å². The maximum Gasteiger partial charge on any atom is 0.472 e. The predicted octanol–water partition coefficient (Wildman–Crippen LogP) is 8.82. The fraction of sp³-hybridized carbons (Fsp3) is 0.979. The minimum atomic E-state index is -5.11. The molecule has 0 bridgehead atoms. The van der Waals surface area contributed by atoms with E-state index in [2.05, 4.69) is 19.2 Å². The van der Waals surface area contributed by atoms with Gasteiger partial charge in [0.15, 0.2) is 0 Å². The molecule has 0 radical (unpaired) electrons. The first kappa shape index (κ1) is 58.3. The molecule has 9 N–H and O–H groups in total. The molecule has 0 aromatic rings. The van der Waals surface area contributed by atoms with Crippen LogP contribution >= 0.6 is 7.82 Å². The summed E-state index contributed by atoms with van der Waals surface area (Å²) in [5, 5.41) is 74.7. The summed E-state index contributed by atoms with van der Waals surface area (Å²) in [6, 6.07) is -1.15. The van der Waals surface area contributed by atoms with E-state index in [0.29, 0.717) is 12.8 Å². The second-order valence-corrected chi connectivity index (χ2v) is 19.6. The number of unbranched alkanes of at least 4 members (excludes halogenated alkanes) is 29. The van der Waals surface area contributed by atoms with Gasteiger partial charge in [-0.25, -0.2) is 4.57 Å². The number of rotatable bonds is 42. The van der Waals surface area contributed by atoms with E-state index in [1.807, 2.05) is 0 Å². The van der Waals surface area contributed by atoms with E-state index in [-0.39, 0.29) is 12.8 Å². The molecule has 364 valence electrons. The lowest BCUT2D eigenvalue weighted by molar-refractivity contribution is -0.220. The first-order chi connectivity index (χ1) is 29.3. The number of aliphatic hydroxyl groups is 7. The van der Waals surface area contributed by atoms with E-state index in [0.717, 1.165) is 51.4 Å². The van der Waals surface area contributed by atoms with Crippen LogP contribution in [0.25, 0.3) is 0 Å². The van der Waals surface area contributed by atoms with Crippen LogP contribution in [-0.2, 0) is 18.4 Å². The van der Waals surface area contributed by atoms with Crippen molar-refractivity contribution in [3.8, 4) is 0 Å². The Morgan fingerprint density at radius 2 is 0.820 bits per heavy atom. The number of phosphoric ester groups is 1. The zero-order valence-corrected chi connectivity index (χ0v) is 39.5. The van der Waals surface area contributed by atoms with Gasteiger partial charge in [0.05, 0.1) is 31.3 Å². The Hall–Kier alpha value is -0.700. The van der Waals surface area contributed by atoms with Crippen LogP contribution in [0.5, 0.6) is 0 Å². The monoisotopic (exact) mass is 896 g/mol. The minimum absolute atomic E-state index is 0.215. The molecule has 61 heavy (non-hydrogen) atoms. The van der Waals surface area contributed by atoms with Crippen molar-refractivity contribution >= 4 is 13.7 Å². The van der Waals surface area contributed by atoms with Crippen LogP contribution in [0.1, 0.15) is 232 Å². The highest BCUT2D eigenvalue weighted by molar-refractivity contribution is 7.47. The summed E-state index contributed by atoms with van der Waals surface area (Å²) in [6.45, 7) is 3.81. The maximum absolute atomic E-state index is 13.0. The molecule has 0 aliphatic heterocycles. The number of carbonyl (C=O) groups excluding carboxylic acids is 1. The highest BCUT2D eigenvalue weighted by Crippen LogP contribution is 2.47. The third-order valence-corrected chi connectivity index (χ3v) is 13.5. The van der Waals surface area contributed by atoms with E-state index >= 15 is 0 Å². The summed E-state index contributed by atoms with van der Waals surface area (Å²) >= 11 is 0. The van der Waals surface area contributed by atoms with Crippen molar-refractivity contribution in [2.24, 2.45) is 0 Å². The molecule has 1 aliphatic carbocycles. The van der Waals surface area contributed by atoms with Crippen molar-refractivity contribution in [3.63, 3.8) is 0 Å². The van der Waals surface area contributed by atoms with Gasteiger partial charge in [-0.1, -0.05) is 213 Å². The molecule has 0 spiro atoms. The molecule has 0 aromatic heterocycles. The van der Waals surface area contributed by atoms with Gasteiger partial charge < -0.3 is 46.0 Å². The number of aliphatic hydroxyl groups excluding tert-OH is 7. The lowest BCUT2D eigenvalue weighted by Crippen LogP contribution is -2.64. The van der Waals surface area contributed by atoms with Gasteiger partial charge in [-0.05, 0) is 12.8 Å². The Balaban J connectivity index is 2.46. The fourth-order valence-corrected chi connectivity index (χ4v) is 9.33. The topological polar surface area (TPSA) is 226 Å². The van der Waals surface area contributed by atoms with Crippen LogP contribution in [0.2, 0.25) is 0 Å². The van der Waals surface area contributed by atoms with Crippen LogP contribution < -0.4 is 5.32 Å². The zero-order valence-electron chi connectivity index (χ0n) is 38.6. The molecule has 8 atom stereocenters. The standard InChI is InChI=1S/C47H94NO12P/c1-3-5-7-9-11-13-15-17-19-20-21-22-24-26-28-30-32-34-38(49)36-41(51)48-39(37-59-61(57,58)60-47-45(55)43(53)42(52)44(54)46(47)56)40(50)35-33-31-29-27-25-23-18-16-14-12-10-8-6-4-2/h38-40,42-47,49-50,52-56H,3-37H2,1-2H3,(H,48,51)(H,57,58). The Labute approximate surface area is 370 Å². The van der Waals surface area contributed by atoms with Gasteiger partial charge in [0.1, 0.15) is 36.6 Å². The van der Waals surface area contributed by atoms with Crippen molar-refractivity contribution in [2.45, 2.75) is 287 Å². The van der Waals surface area contributed by atoms with E-state index < -0.39 is 75.2 Å². The summed E-state index contributed by atoms with van der Waals surface area (Å²) in [5.74, 6) is -0.555. The molecule has 1 fully saturated rings. The van der Waals surface area contributed by atoms with E-state index in [4.69, 9.17) is 9.05 Å². The third kappa shape index (κ3) is 29.5. The minimum Gasteiger partial charge on any atom is -0.393 e. The molecule has 1 amide bonds. The van der Waals surface area contributed by atoms with Crippen LogP contribution in [0.3, 0.4) is 0 Å². The van der Waals surface area contributed by atoms with Crippen LogP contribution in [-0.4, -0.2) is 108 Å². The molecular weight excluding hydrogens is 801 g/mol. The molecule has 14 heteroatoms. The van der Waals surface area contributed by atoms with Gasteiger partial charge in [0, 0.05) is 0 Å². The van der Waals surface area contributed by atoms with Crippen molar-refractivity contribution in [2.75, 3.05) is 6.61 Å². The van der Waals surface area contributed by atoms with Crippen molar-refractivity contribution in [1.29, 1.82) is 0 Å². The second kappa shape index (κ2) is 37.5.